The Morgan fingerprint density at radius 3 is 2.57 bits per heavy atom. The van der Waals surface area contributed by atoms with E-state index in [1.807, 2.05) is 30.3 Å². The van der Waals surface area contributed by atoms with Crippen molar-refractivity contribution in [1.82, 2.24) is 4.90 Å². The molecule has 1 aliphatic heterocycles. The summed E-state index contributed by atoms with van der Waals surface area (Å²) < 4.78 is 5.64. The molecular formula is C15H21N3O3. The molecule has 1 aromatic rings. The number of rotatable bonds is 6. The molecule has 1 saturated heterocycles. The zero-order valence-electron chi connectivity index (χ0n) is 12.1. The van der Waals surface area contributed by atoms with Crippen molar-refractivity contribution in [1.29, 1.82) is 0 Å². The van der Waals surface area contributed by atoms with Gasteiger partial charge in [-0.3, -0.25) is 9.59 Å². The molecule has 21 heavy (non-hydrogen) atoms. The SMILES string of the molecule is CC(OCc1ccccc1)C(N)C(=O)N1CCC1C(N)=O. The molecule has 1 fully saturated rings. The van der Waals surface area contributed by atoms with Gasteiger partial charge in [0.15, 0.2) is 0 Å². The zero-order valence-corrected chi connectivity index (χ0v) is 12.1. The van der Waals surface area contributed by atoms with E-state index in [-0.39, 0.29) is 5.91 Å². The van der Waals surface area contributed by atoms with Crippen molar-refractivity contribution in [3.8, 4) is 0 Å². The predicted octanol–water partition coefficient (Wildman–Crippen LogP) is 0.00520. The number of primary amides is 1. The topological polar surface area (TPSA) is 98.7 Å². The summed E-state index contributed by atoms with van der Waals surface area (Å²) in [6, 6.07) is 8.34. The first kappa shape index (κ1) is 15.5. The first-order valence-corrected chi connectivity index (χ1v) is 7.01. The molecule has 6 nitrogen and oxygen atoms in total. The number of hydrogen-bond donors (Lipinski definition) is 2. The number of likely N-dealkylation sites (tertiary alicyclic amines) is 1. The van der Waals surface area contributed by atoms with Gasteiger partial charge < -0.3 is 21.1 Å². The summed E-state index contributed by atoms with van der Waals surface area (Å²) in [4.78, 5) is 24.8. The number of amides is 2. The lowest BCUT2D eigenvalue weighted by molar-refractivity contribution is -0.149. The van der Waals surface area contributed by atoms with Crippen LogP contribution in [0.3, 0.4) is 0 Å². The van der Waals surface area contributed by atoms with E-state index in [0.717, 1.165) is 5.56 Å². The van der Waals surface area contributed by atoms with Gasteiger partial charge in [0.2, 0.25) is 11.8 Å². The van der Waals surface area contributed by atoms with Gasteiger partial charge in [0.05, 0.1) is 12.7 Å². The Labute approximate surface area is 124 Å². The number of hydrogen-bond acceptors (Lipinski definition) is 4. The van der Waals surface area contributed by atoms with Crippen LogP contribution in [0, 0.1) is 0 Å². The lowest BCUT2D eigenvalue weighted by Crippen LogP contribution is -2.62. The molecule has 0 bridgehead atoms. The Hall–Kier alpha value is -1.92. The van der Waals surface area contributed by atoms with Gasteiger partial charge in [0.25, 0.3) is 0 Å². The van der Waals surface area contributed by atoms with E-state index in [0.29, 0.717) is 19.6 Å². The van der Waals surface area contributed by atoms with Gasteiger partial charge >= 0.3 is 0 Å². The van der Waals surface area contributed by atoms with E-state index < -0.39 is 24.1 Å². The minimum Gasteiger partial charge on any atom is -0.372 e. The first-order valence-electron chi connectivity index (χ1n) is 7.01. The molecule has 1 heterocycles. The van der Waals surface area contributed by atoms with E-state index in [2.05, 4.69) is 0 Å². The summed E-state index contributed by atoms with van der Waals surface area (Å²) in [5, 5.41) is 0. The number of ether oxygens (including phenoxy) is 1. The third-order valence-electron chi connectivity index (χ3n) is 3.78. The first-order chi connectivity index (χ1) is 10.0. The normalized spacial score (nSPS) is 20.5. The van der Waals surface area contributed by atoms with Crippen molar-refractivity contribution in [2.45, 2.75) is 38.1 Å². The van der Waals surface area contributed by atoms with Crippen LogP contribution in [0.15, 0.2) is 30.3 Å². The standard InChI is InChI=1S/C15H21N3O3/c1-10(21-9-11-5-3-2-4-6-11)13(16)15(20)18-8-7-12(18)14(17)19/h2-6,10,12-13H,7-9,16H2,1H3,(H2,17,19). The summed E-state index contributed by atoms with van der Waals surface area (Å²) in [6.45, 7) is 2.67. The van der Waals surface area contributed by atoms with Crippen LogP contribution in [0.5, 0.6) is 0 Å². The van der Waals surface area contributed by atoms with Crippen molar-refractivity contribution in [3.05, 3.63) is 35.9 Å². The lowest BCUT2D eigenvalue weighted by Gasteiger charge is -2.40. The van der Waals surface area contributed by atoms with Gasteiger partial charge in [-0.25, -0.2) is 0 Å². The smallest absolute Gasteiger partial charge is 0.242 e. The van der Waals surface area contributed by atoms with Gasteiger partial charge in [-0.15, -0.1) is 0 Å². The Bertz CT molecular complexity index is 506. The van der Waals surface area contributed by atoms with E-state index in [4.69, 9.17) is 16.2 Å². The van der Waals surface area contributed by atoms with Crippen molar-refractivity contribution in [2.75, 3.05) is 6.54 Å². The summed E-state index contributed by atoms with van der Waals surface area (Å²) in [7, 11) is 0. The summed E-state index contributed by atoms with van der Waals surface area (Å²) in [5.74, 6) is -0.773. The maximum absolute atomic E-state index is 12.2. The van der Waals surface area contributed by atoms with Crippen LogP contribution in [0.1, 0.15) is 18.9 Å². The van der Waals surface area contributed by atoms with Crippen LogP contribution < -0.4 is 11.5 Å². The molecule has 114 valence electrons. The average Bonchev–Trinajstić information content (AvgIpc) is 2.43. The largest absolute Gasteiger partial charge is 0.372 e. The zero-order chi connectivity index (χ0) is 15.4. The molecule has 1 aromatic carbocycles. The van der Waals surface area contributed by atoms with Crippen molar-refractivity contribution in [3.63, 3.8) is 0 Å². The van der Waals surface area contributed by atoms with Crippen LogP contribution >= 0.6 is 0 Å². The minimum absolute atomic E-state index is 0.286. The number of carbonyl (C=O) groups excluding carboxylic acids is 2. The highest BCUT2D eigenvalue weighted by Gasteiger charge is 2.39. The highest BCUT2D eigenvalue weighted by Crippen LogP contribution is 2.19. The van der Waals surface area contributed by atoms with Crippen molar-refractivity contribution in [2.24, 2.45) is 11.5 Å². The average molecular weight is 291 g/mol. The third kappa shape index (κ3) is 3.59. The Morgan fingerprint density at radius 2 is 2.05 bits per heavy atom. The molecule has 4 N–H and O–H groups in total. The summed E-state index contributed by atoms with van der Waals surface area (Å²) in [6.07, 6.45) is 0.166. The molecule has 0 saturated carbocycles. The summed E-state index contributed by atoms with van der Waals surface area (Å²) >= 11 is 0. The molecule has 6 heteroatoms. The molecule has 2 amide bonds. The second-order valence-corrected chi connectivity index (χ2v) is 5.27. The molecule has 0 radical (unpaired) electrons. The fourth-order valence-electron chi connectivity index (χ4n) is 2.24. The van der Waals surface area contributed by atoms with E-state index >= 15 is 0 Å². The maximum atomic E-state index is 12.2. The highest BCUT2D eigenvalue weighted by molar-refractivity contribution is 5.90. The Kier molecular flexibility index (Phi) is 4.93. The molecule has 3 unspecified atom stereocenters. The van der Waals surface area contributed by atoms with Crippen LogP contribution in [0.2, 0.25) is 0 Å². The predicted molar refractivity (Wildman–Crippen MR) is 78.0 cm³/mol. The second kappa shape index (κ2) is 6.69. The second-order valence-electron chi connectivity index (χ2n) is 5.27. The molecule has 0 aliphatic carbocycles. The number of nitrogens with two attached hydrogens (primary N) is 2. The molecule has 2 rings (SSSR count). The van der Waals surface area contributed by atoms with Crippen molar-refractivity contribution >= 4 is 11.8 Å². The number of carbonyl (C=O) groups is 2. The third-order valence-corrected chi connectivity index (χ3v) is 3.78. The fourth-order valence-corrected chi connectivity index (χ4v) is 2.24. The van der Waals surface area contributed by atoms with Crippen LogP contribution in [-0.4, -0.2) is 41.4 Å². The summed E-state index contributed by atoms with van der Waals surface area (Å²) in [5.41, 5.74) is 12.2. The quantitative estimate of drug-likeness (QED) is 0.771. The fraction of sp³-hybridized carbons (Fsp3) is 0.467. The minimum atomic E-state index is -0.795. The maximum Gasteiger partial charge on any atom is 0.242 e. The van der Waals surface area contributed by atoms with E-state index in [1.165, 1.54) is 4.90 Å². The molecule has 1 aliphatic rings. The molecule has 3 atom stereocenters. The lowest BCUT2D eigenvalue weighted by atomic mass is 10.00. The van der Waals surface area contributed by atoms with Crippen molar-refractivity contribution < 1.29 is 14.3 Å². The Morgan fingerprint density at radius 1 is 1.38 bits per heavy atom. The van der Waals surface area contributed by atoms with Crippen LogP contribution in [0.25, 0.3) is 0 Å². The van der Waals surface area contributed by atoms with Crippen LogP contribution in [-0.2, 0) is 20.9 Å². The molecule has 0 spiro atoms. The molecule has 0 aromatic heterocycles. The number of nitrogens with zero attached hydrogens (tertiary/aromatic N) is 1. The monoisotopic (exact) mass is 291 g/mol. The van der Waals surface area contributed by atoms with Gasteiger partial charge in [0.1, 0.15) is 12.1 Å². The van der Waals surface area contributed by atoms with Gasteiger partial charge in [-0.05, 0) is 18.9 Å². The van der Waals surface area contributed by atoms with Gasteiger partial charge in [-0.1, -0.05) is 30.3 Å². The van der Waals surface area contributed by atoms with Crippen LogP contribution in [0.4, 0.5) is 0 Å². The Balaban J connectivity index is 1.85. The highest BCUT2D eigenvalue weighted by atomic mass is 16.5. The molecular weight excluding hydrogens is 270 g/mol. The number of benzene rings is 1. The van der Waals surface area contributed by atoms with Gasteiger partial charge in [0, 0.05) is 6.54 Å². The van der Waals surface area contributed by atoms with E-state index in [9.17, 15) is 9.59 Å². The van der Waals surface area contributed by atoms with Gasteiger partial charge in [-0.2, -0.15) is 0 Å². The van der Waals surface area contributed by atoms with E-state index in [1.54, 1.807) is 6.92 Å².